The van der Waals surface area contributed by atoms with E-state index in [1.807, 2.05) is 0 Å². The first kappa shape index (κ1) is 19.0. The first-order chi connectivity index (χ1) is 12.6. The maximum atomic E-state index is 12.5. The number of rotatable bonds is 6. The number of likely N-dealkylation sites (tertiary alicyclic amines) is 1. The summed E-state index contributed by atoms with van der Waals surface area (Å²) < 4.78 is 28.8. The zero-order chi connectivity index (χ0) is 18.5. The highest BCUT2D eigenvalue weighted by molar-refractivity contribution is 6.34. The number of piperidine rings is 1. The second kappa shape index (κ2) is 8.77. The second-order valence-electron chi connectivity index (χ2n) is 6.60. The highest BCUT2D eigenvalue weighted by atomic mass is 35.5. The molecule has 6 nitrogen and oxygen atoms in total. The number of nitrogen functional groups attached to an aromatic ring is 1. The van der Waals surface area contributed by atoms with Crippen molar-refractivity contribution in [1.29, 1.82) is 0 Å². The number of alkyl halides is 1. The molecule has 0 unspecified atom stereocenters. The number of carbonyl (C=O) groups excluding carboxylic acids is 1. The minimum atomic E-state index is -0.492. The maximum absolute atomic E-state index is 12.5. The Morgan fingerprint density at radius 2 is 2.00 bits per heavy atom. The van der Waals surface area contributed by atoms with Crippen molar-refractivity contribution in [2.24, 2.45) is 5.92 Å². The average Bonchev–Trinajstić information content (AvgIpc) is 2.68. The first-order valence-corrected chi connectivity index (χ1v) is 9.31. The normalized spacial score (nSPS) is 17.9. The van der Waals surface area contributed by atoms with Gasteiger partial charge in [-0.05, 0) is 44.3 Å². The van der Waals surface area contributed by atoms with Crippen LogP contribution in [0.4, 0.5) is 10.1 Å². The Hall–Kier alpha value is -1.73. The standard InChI is InChI=1S/C18H24ClFN2O4/c19-14-10-13(16-17(15(14)21)25-9-8-24-16)18(23)26-11-12-2-6-22(7-3-12)5-1-4-20/h10,12H,1-9,11,21H2/i20-1. The van der Waals surface area contributed by atoms with Crippen molar-refractivity contribution >= 4 is 23.3 Å². The summed E-state index contributed by atoms with van der Waals surface area (Å²) in [6.45, 7) is 3.35. The highest BCUT2D eigenvalue weighted by Gasteiger charge is 2.27. The molecular formula is C18H24ClFN2O4. The summed E-state index contributed by atoms with van der Waals surface area (Å²) in [4.78, 5) is 14.8. The van der Waals surface area contributed by atoms with Gasteiger partial charge in [-0.1, -0.05) is 11.6 Å². The molecule has 2 aliphatic rings. The van der Waals surface area contributed by atoms with E-state index in [2.05, 4.69) is 4.90 Å². The van der Waals surface area contributed by atoms with Gasteiger partial charge in [0.15, 0.2) is 11.5 Å². The predicted octanol–water partition coefficient (Wildman–Crippen LogP) is 2.92. The number of nitrogens with two attached hydrogens (primary N) is 1. The van der Waals surface area contributed by atoms with Crippen LogP contribution in [-0.4, -0.2) is 57.0 Å². The zero-order valence-electron chi connectivity index (χ0n) is 14.6. The number of benzene rings is 1. The fraction of sp³-hybridized carbons (Fsp3) is 0.611. The molecule has 0 atom stereocenters. The lowest BCUT2D eigenvalue weighted by molar-refractivity contribution is 0.0363. The molecule has 0 bridgehead atoms. The molecule has 144 valence electrons. The third kappa shape index (κ3) is 4.32. The Morgan fingerprint density at radius 1 is 1.31 bits per heavy atom. The number of esters is 1. The molecule has 1 saturated heterocycles. The van der Waals surface area contributed by atoms with Crippen molar-refractivity contribution < 1.29 is 23.4 Å². The third-order valence-corrected chi connectivity index (χ3v) is 5.10. The minimum absolute atomic E-state index is 0.235. The summed E-state index contributed by atoms with van der Waals surface area (Å²) in [5.41, 5.74) is 6.39. The van der Waals surface area contributed by atoms with Crippen molar-refractivity contribution in [2.75, 3.05) is 51.9 Å². The van der Waals surface area contributed by atoms with Gasteiger partial charge in [-0.15, -0.1) is 0 Å². The number of fused-ring (bicyclic) bond motifs is 1. The molecule has 0 aliphatic carbocycles. The molecule has 8 heteroatoms. The Kier molecular flexibility index (Phi) is 6.43. The SMILES string of the molecule is Nc1c(Cl)cc(C(=O)OCC2CCN(CCC[18F])CC2)c2c1OCCO2. The molecule has 1 aromatic carbocycles. The summed E-state index contributed by atoms with van der Waals surface area (Å²) in [5, 5.41) is 0.238. The van der Waals surface area contributed by atoms with E-state index in [1.54, 1.807) is 0 Å². The fourth-order valence-electron chi connectivity index (χ4n) is 3.28. The third-order valence-electron chi connectivity index (χ3n) is 4.79. The number of ether oxygens (including phenoxy) is 3. The summed E-state index contributed by atoms with van der Waals surface area (Å²) in [6, 6.07) is 1.46. The molecule has 0 radical (unpaired) electrons. The van der Waals surface area contributed by atoms with E-state index >= 15 is 0 Å². The van der Waals surface area contributed by atoms with Gasteiger partial charge < -0.3 is 24.8 Å². The predicted molar refractivity (Wildman–Crippen MR) is 96.9 cm³/mol. The monoisotopic (exact) mass is 385 g/mol. The van der Waals surface area contributed by atoms with Crippen molar-refractivity contribution in [2.45, 2.75) is 19.3 Å². The molecule has 2 N–H and O–H groups in total. The van der Waals surface area contributed by atoms with Gasteiger partial charge in [-0.3, -0.25) is 4.39 Å². The maximum Gasteiger partial charge on any atom is 0.342 e. The molecule has 2 aliphatic heterocycles. The van der Waals surface area contributed by atoms with Crippen LogP contribution in [0.3, 0.4) is 0 Å². The second-order valence-corrected chi connectivity index (χ2v) is 7.01. The number of nitrogens with zero attached hydrogens (tertiary/aromatic N) is 1. The molecule has 1 aromatic rings. The quantitative estimate of drug-likeness (QED) is 0.599. The van der Waals surface area contributed by atoms with Gasteiger partial charge in [0.1, 0.15) is 18.8 Å². The van der Waals surface area contributed by atoms with Crippen LogP contribution >= 0.6 is 11.6 Å². The molecule has 0 aromatic heterocycles. The van der Waals surface area contributed by atoms with Crippen LogP contribution < -0.4 is 15.2 Å². The van der Waals surface area contributed by atoms with Crippen molar-refractivity contribution in [3.05, 3.63) is 16.7 Å². The van der Waals surface area contributed by atoms with E-state index in [-0.39, 0.29) is 22.9 Å². The first-order valence-electron chi connectivity index (χ1n) is 8.93. The molecule has 2 heterocycles. The number of halogens is 2. The van der Waals surface area contributed by atoms with Gasteiger partial charge in [0, 0.05) is 6.54 Å². The molecule has 0 saturated carbocycles. The Morgan fingerprint density at radius 3 is 2.69 bits per heavy atom. The van der Waals surface area contributed by atoms with E-state index in [1.165, 1.54) is 6.07 Å². The average molecular weight is 386 g/mol. The zero-order valence-corrected chi connectivity index (χ0v) is 15.4. The fourth-order valence-corrected chi connectivity index (χ4v) is 3.48. The summed E-state index contributed by atoms with van der Waals surface area (Å²) in [5.74, 6) is 0.410. The number of anilines is 1. The highest BCUT2D eigenvalue weighted by Crippen LogP contribution is 2.43. The molecule has 26 heavy (non-hydrogen) atoms. The van der Waals surface area contributed by atoms with E-state index in [0.717, 1.165) is 32.5 Å². The van der Waals surface area contributed by atoms with Crippen LogP contribution in [0.2, 0.25) is 5.02 Å². The Bertz CT molecular complexity index is 651. The largest absolute Gasteiger partial charge is 0.485 e. The van der Waals surface area contributed by atoms with Crippen LogP contribution in [0.15, 0.2) is 6.07 Å². The molecule has 3 rings (SSSR count). The summed E-state index contributed by atoms with van der Waals surface area (Å²) in [6.07, 6.45) is 2.43. The van der Waals surface area contributed by atoms with E-state index < -0.39 is 5.97 Å². The number of carbonyl (C=O) groups is 1. The number of hydrogen-bond acceptors (Lipinski definition) is 6. The van der Waals surface area contributed by atoms with Crippen molar-refractivity contribution in [3.63, 3.8) is 0 Å². The molecular weight excluding hydrogens is 362 g/mol. The minimum Gasteiger partial charge on any atom is -0.485 e. The van der Waals surface area contributed by atoms with Gasteiger partial charge in [0.2, 0.25) is 0 Å². The molecule has 0 spiro atoms. The smallest absolute Gasteiger partial charge is 0.342 e. The Labute approximate surface area is 157 Å². The lowest BCUT2D eigenvalue weighted by Gasteiger charge is -2.31. The van der Waals surface area contributed by atoms with Crippen molar-refractivity contribution in [1.82, 2.24) is 4.90 Å². The van der Waals surface area contributed by atoms with Gasteiger partial charge in [-0.2, -0.15) is 0 Å². The summed E-state index contributed by atoms with van der Waals surface area (Å²) >= 11 is 6.10. The van der Waals surface area contributed by atoms with E-state index in [4.69, 9.17) is 31.5 Å². The van der Waals surface area contributed by atoms with Gasteiger partial charge in [0.05, 0.1) is 24.0 Å². The van der Waals surface area contributed by atoms with Gasteiger partial charge in [-0.25, -0.2) is 4.79 Å². The van der Waals surface area contributed by atoms with E-state index in [9.17, 15) is 9.18 Å². The van der Waals surface area contributed by atoms with Gasteiger partial charge in [0.25, 0.3) is 0 Å². The lowest BCUT2D eigenvalue weighted by atomic mass is 9.97. The van der Waals surface area contributed by atoms with Gasteiger partial charge >= 0.3 is 5.97 Å². The Balaban J connectivity index is 1.57. The van der Waals surface area contributed by atoms with E-state index in [0.29, 0.717) is 43.7 Å². The van der Waals surface area contributed by atoms with Crippen molar-refractivity contribution in [3.8, 4) is 11.5 Å². The molecule has 1 fully saturated rings. The van der Waals surface area contributed by atoms with Crippen LogP contribution in [0.25, 0.3) is 0 Å². The van der Waals surface area contributed by atoms with Crippen LogP contribution in [0.1, 0.15) is 29.6 Å². The summed E-state index contributed by atoms with van der Waals surface area (Å²) in [7, 11) is 0. The molecule has 0 amide bonds. The van der Waals surface area contributed by atoms with Crippen LogP contribution in [0, 0.1) is 5.92 Å². The van der Waals surface area contributed by atoms with Crippen LogP contribution in [0.5, 0.6) is 11.5 Å². The van der Waals surface area contributed by atoms with Crippen LogP contribution in [-0.2, 0) is 4.74 Å². The lowest BCUT2D eigenvalue weighted by Crippen LogP contribution is -2.36. The topological polar surface area (TPSA) is 74.0 Å². The number of hydrogen-bond donors (Lipinski definition) is 1.